The van der Waals surface area contributed by atoms with Crippen LogP contribution in [-0.4, -0.2) is 30.4 Å². The molecule has 3 rings (SSSR count). The van der Waals surface area contributed by atoms with Crippen molar-refractivity contribution in [1.29, 1.82) is 0 Å². The molecular weight excluding hydrogens is 378 g/mol. The Morgan fingerprint density at radius 2 is 1.92 bits per heavy atom. The van der Waals surface area contributed by atoms with E-state index in [4.69, 9.17) is 0 Å². The smallest absolute Gasteiger partial charge is 0.342 e. The van der Waals surface area contributed by atoms with Gasteiger partial charge in [0.1, 0.15) is 12.7 Å². The molecule has 3 aromatic rings. The maximum atomic E-state index is 11.0. The summed E-state index contributed by atoms with van der Waals surface area (Å²) in [4.78, 5) is 14.6. The minimum absolute atomic E-state index is 0.0227. The van der Waals surface area contributed by atoms with E-state index in [0.717, 1.165) is 14.4 Å². The SMILES string of the molecule is Cc1ncc([N+](=O)[O-])n1CCSc1nnc(SCc2ccccc2)s1. The minimum Gasteiger partial charge on any atom is -0.358 e. The molecule has 0 amide bonds. The fourth-order valence-electron chi connectivity index (χ4n) is 2.14. The molecule has 130 valence electrons. The van der Waals surface area contributed by atoms with E-state index >= 15 is 0 Å². The first-order valence-corrected chi connectivity index (χ1v) is 10.2. The van der Waals surface area contributed by atoms with E-state index in [2.05, 4.69) is 27.3 Å². The predicted molar refractivity (Wildman–Crippen MR) is 100 cm³/mol. The molecule has 7 nitrogen and oxygen atoms in total. The molecule has 0 bridgehead atoms. The Balaban J connectivity index is 1.51. The molecule has 1 aromatic carbocycles. The number of aryl methyl sites for hydroxylation is 1. The van der Waals surface area contributed by atoms with Gasteiger partial charge in [0.15, 0.2) is 14.5 Å². The van der Waals surface area contributed by atoms with Gasteiger partial charge in [0.2, 0.25) is 0 Å². The van der Waals surface area contributed by atoms with Gasteiger partial charge in [-0.25, -0.2) is 9.55 Å². The van der Waals surface area contributed by atoms with Crippen LogP contribution in [0, 0.1) is 17.0 Å². The normalized spacial score (nSPS) is 10.9. The van der Waals surface area contributed by atoms with E-state index in [9.17, 15) is 10.1 Å². The predicted octanol–water partition coefficient (Wildman–Crippen LogP) is 4.04. The zero-order valence-electron chi connectivity index (χ0n) is 13.4. The summed E-state index contributed by atoms with van der Waals surface area (Å²) in [5.74, 6) is 2.20. The molecule has 0 aliphatic carbocycles. The largest absolute Gasteiger partial charge is 0.358 e. The maximum absolute atomic E-state index is 11.0. The van der Waals surface area contributed by atoms with Crippen molar-refractivity contribution in [2.45, 2.75) is 27.9 Å². The number of rotatable bonds is 8. The van der Waals surface area contributed by atoms with Crippen molar-refractivity contribution >= 4 is 40.7 Å². The first-order valence-electron chi connectivity index (χ1n) is 7.43. The van der Waals surface area contributed by atoms with Crippen LogP contribution in [-0.2, 0) is 12.3 Å². The van der Waals surface area contributed by atoms with Gasteiger partial charge in [-0.1, -0.05) is 65.2 Å². The van der Waals surface area contributed by atoms with Gasteiger partial charge in [-0.2, -0.15) is 0 Å². The lowest BCUT2D eigenvalue weighted by Gasteiger charge is -2.01. The van der Waals surface area contributed by atoms with Crippen LogP contribution in [0.1, 0.15) is 11.4 Å². The van der Waals surface area contributed by atoms with Gasteiger partial charge in [-0.05, 0) is 10.5 Å². The van der Waals surface area contributed by atoms with Gasteiger partial charge in [0, 0.05) is 18.4 Å². The number of hydrogen-bond acceptors (Lipinski definition) is 8. The lowest BCUT2D eigenvalue weighted by molar-refractivity contribution is -0.392. The molecule has 0 aliphatic heterocycles. The topological polar surface area (TPSA) is 86.7 Å². The molecule has 0 atom stereocenters. The fraction of sp³-hybridized carbons (Fsp3) is 0.267. The zero-order valence-corrected chi connectivity index (χ0v) is 15.8. The molecular formula is C15H15N5O2S3. The van der Waals surface area contributed by atoms with Crippen LogP contribution in [0.15, 0.2) is 45.2 Å². The highest BCUT2D eigenvalue weighted by atomic mass is 32.2. The Hall–Kier alpha value is -1.91. The summed E-state index contributed by atoms with van der Waals surface area (Å²) in [6, 6.07) is 10.2. The Morgan fingerprint density at radius 3 is 2.64 bits per heavy atom. The van der Waals surface area contributed by atoms with Gasteiger partial charge >= 0.3 is 5.82 Å². The van der Waals surface area contributed by atoms with Crippen molar-refractivity contribution < 1.29 is 4.92 Å². The molecule has 0 N–H and O–H groups in total. The molecule has 0 radical (unpaired) electrons. The quantitative estimate of drug-likeness (QED) is 0.324. The zero-order chi connectivity index (χ0) is 17.6. The summed E-state index contributed by atoms with van der Waals surface area (Å²) in [5.41, 5.74) is 1.25. The Labute approximate surface area is 157 Å². The van der Waals surface area contributed by atoms with Crippen molar-refractivity contribution in [2.24, 2.45) is 0 Å². The van der Waals surface area contributed by atoms with Crippen LogP contribution in [0.2, 0.25) is 0 Å². The summed E-state index contributed by atoms with van der Waals surface area (Å²) in [6.07, 6.45) is 1.29. The average molecular weight is 394 g/mol. The van der Waals surface area contributed by atoms with Crippen molar-refractivity contribution in [2.75, 3.05) is 5.75 Å². The van der Waals surface area contributed by atoms with Crippen LogP contribution < -0.4 is 0 Å². The van der Waals surface area contributed by atoms with E-state index in [0.29, 0.717) is 18.1 Å². The van der Waals surface area contributed by atoms with Crippen molar-refractivity contribution in [3.05, 3.63) is 58.0 Å². The molecule has 2 heterocycles. The van der Waals surface area contributed by atoms with E-state index in [1.807, 2.05) is 18.2 Å². The van der Waals surface area contributed by atoms with Crippen LogP contribution >= 0.6 is 34.9 Å². The molecule has 0 fully saturated rings. The van der Waals surface area contributed by atoms with Gasteiger partial charge in [-0.15, -0.1) is 10.2 Å². The number of hydrogen-bond donors (Lipinski definition) is 0. The van der Waals surface area contributed by atoms with Crippen LogP contribution in [0.3, 0.4) is 0 Å². The second-order valence-electron chi connectivity index (χ2n) is 5.03. The molecule has 2 aromatic heterocycles. The van der Waals surface area contributed by atoms with Gasteiger partial charge < -0.3 is 10.1 Å². The number of thioether (sulfide) groups is 2. The van der Waals surface area contributed by atoms with Gasteiger partial charge in [-0.3, -0.25) is 0 Å². The highest BCUT2D eigenvalue weighted by Crippen LogP contribution is 2.31. The fourth-order valence-corrected chi connectivity index (χ4v) is 5.11. The second kappa shape index (κ2) is 8.45. The number of imidazole rings is 1. The highest BCUT2D eigenvalue weighted by Gasteiger charge is 2.17. The minimum atomic E-state index is -0.409. The Bertz CT molecular complexity index is 850. The third-order valence-electron chi connectivity index (χ3n) is 3.35. The first-order chi connectivity index (χ1) is 12.1. The second-order valence-corrected chi connectivity index (χ2v) is 8.57. The number of nitrogens with zero attached hydrogens (tertiary/aromatic N) is 5. The monoisotopic (exact) mass is 393 g/mol. The lowest BCUT2D eigenvalue weighted by atomic mass is 10.2. The maximum Gasteiger partial charge on any atom is 0.342 e. The highest BCUT2D eigenvalue weighted by molar-refractivity contribution is 8.02. The Morgan fingerprint density at radius 1 is 1.20 bits per heavy atom. The molecule has 25 heavy (non-hydrogen) atoms. The number of benzene rings is 1. The standard InChI is InChI=1S/C15H15N5O2S3/c1-11-16-9-13(20(21)22)19(11)7-8-23-14-17-18-15(25-14)24-10-12-5-3-2-4-6-12/h2-6,9H,7-8,10H2,1H3. The summed E-state index contributed by atoms with van der Waals surface area (Å²) >= 11 is 4.76. The third kappa shape index (κ3) is 4.80. The van der Waals surface area contributed by atoms with E-state index < -0.39 is 4.92 Å². The van der Waals surface area contributed by atoms with Crippen LogP contribution in [0.25, 0.3) is 0 Å². The van der Waals surface area contributed by atoms with Crippen molar-refractivity contribution in [3.63, 3.8) is 0 Å². The summed E-state index contributed by atoms with van der Waals surface area (Å²) < 4.78 is 3.41. The molecule has 0 unspecified atom stereocenters. The van der Waals surface area contributed by atoms with Crippen molar-refractivity contribution in [1.82, 2.24) is 19.7 Å². The van der Waals surface area contributed by atoms with Gasteiger partial charge in [0.25, 0.3) is 0 Å². The lowest BCUT2D eigenvalue weighted by Crippen LogP contribution is -2.06. The molecule has 0 saturated carbocycles. The van der Waals surface area contributed by atoms with E-state index in [1.165, 1.54) is 11.8 Å². The number of nitro groups is 1. The third-order valence-corrected chi connectivity index (χ3v) is 6.60. The van der Waals surface area contributed by atoms with E-state index in [-0.39, 0.29) is 5.82 Å². The molecule has 0 saturated heterocycles. The summed E-state index contributed by atoms with van der Waals surface area (Å²) in [7, 11) is 0. The molecule has 0 aliphatic rings. The first kappa shape index (κ1) is 17.9. The number of aromatic nitrogens is 4. The van der Waals surface area contributed by atoms with E-state index in [1.54, 1.807) is 46.4 Å². The molecule has 0 spiro atoms. The Kier molecular flexibility index (Phi) is 6.05. The summed E-state index contributed by atoms with van der Waals surface area (Å²) in [6.45, 7) is 2.28. The van der Waals surface area contributed by atoms with Crippen molar-refractivity contribution in [3.8, 4) is 0 Å². The van der Waals surface area contributed by atoms with Crippen LogP contribution in [0.4, 0.5) is 5.82 Å². The van der Waals surface area contributed by atoms with Crippen LogP contribution in [0.5, 0.6) is 0 Å². The average Bonchev–Trinajstić information content (AvgIpc) is 3.21. The summed E-state index contributed by atoms with van der Waals surface area (Å²) in [5, 5.41) is 19.3. The van der Waals surface area contributed by atoms with Gasteiger partial charge in [0.05, 0.1) is 0 Å². The molecule has 10 heteroatoms.